The van der Waals surface area contributed by atoms with E-state index < -0.39 is 0 Å². The molecule has 2 aromatic carbocycles. The monoisotopic (exact) mass is 479 g/mol. The van der Waals surface area contributed by atoms with Gasteiger partial charge in [-0.3, -0.25) is 4.79 Å². The molecule has 1 fully saturated rings. The van der Waals surface area contributed by atoms with Gasteiger partial charge in [0.15, 0.2) is 0 Å². The molecule has 0 spiro atoms. The molecule has 1 N–H and O–H groups in total. The minimum absolute atomic E-state index is 0.0343. The van der Waals surface area contributed by atoms with Crippen molar-refractivity contribution < 1.29 is 4.79 Å². The Hall–Kier alpha value is -1.84. The lowest BCUT2D eigenvalue weighted by Gasteiger charge is -2.55. The number of rotatable bonds is 4. The first-order valence-corrected chi connectivity index (χ1v) is 13.5. The molecule has 1 heterocycles. The van der Waals surface area contributed by atoms with Crippen LogP contribution >= 0.6 is 22.9 Å². The lowest BCUT2D eigenvalue weighted by molar-refractivity contribution is 0.0254. The molecule has 0 unspecified atom stereocenters. The number of thiophene rings is 1. The van der Waals surface area contributed by atoms with Gasteiger partial charge in [0.05, 0.1) is 5.02 Å². The van der Waals surface area contributed by atoms with Crippen LogP contribution in [0, 0.1) is 11.3 Å². The van der Waals surface area contributed by atoms with Crippen LogP contribution in [-0.4, -0.2) is 12.5 Å². The first kappa shape index (κ1) is 22.9. The van der Waals surface area contributed by atoms with E-state index in [4.69, 9.17) is 11.6 Å². The Balaban J connectivity index is 1.40. The third-order valence-electron chi connectivity index (χ3n) is 8.57. The molecule has 2 aliphatic rings. The van der Waals surface area contributed by atoms with E-state index in [9.17, 15) is 4.79 Å². The van der Waals surface area contributed by atoms with Gasteiger partial charge in [0.25, 0.3) is 5.91 Å². The predicted octanol–water partition coefficient (Wildman–Crippen LogP) is 8.12. The summed E-state index contributed by atoms with van der Waals surface area (Å²) in [6.45, 7) is 10.2. The summed E-state index contributed by atoms with van der Waals surface area (Å²) in [5, 5.41) is 4.85. The topological polar surface area (TPSA) is 29.1 Å². The number of fused-ring (bicyclic) bond motifs is 4. The third-order valence-corrected chi connectivity index (χ3v) is 10.2. The molecule has 4 heteroatoms. The maximum Gasteiger partial charge on any atom is 0.262 e. The Morgan fingerprint density at radius 1 is 1.18 bits per heavy atom. The SMILES string of the molecule is CC(C)c1ccc2c(c1)[C@@]1(C)CCC[C@@](C)(CNC(=O)c3sc4ccccc4c3Cl)[C@@H]1CC2. The van der Waals surface area contributed by atoms with Crippen LogP contribution in [0.4, 0.5) is 0 Å². The summed E-state index contributed by atoms with van der Waals surface area (Å²) in [4.78, 5) is 13.8. The Labute approximate surface area is 206 Å². The highest BCUT2D eigenvalue weighted by molar-refractivity contribution is 7.21. The normalized spacial score (nSPS) is 26.8. The molecular weight excluding hydrogens is 446 g/mol. The molecule has 1 amide bonds. The summed E-state index contributed by atoms with van der Waals surface area (Å²) < 4.78 is 1.06. The Kier molecular flexibility index (Phi) is 5.86. The zero-order valence-electron chi connectivity index (χ0n) is 20.1. The predicted molar refractivity (Wildman–Crippen MR) is 141 cm³/mol. The van der Waals surface area contributed by atoms with Crippen molar-refractivity contribution in [2.45, 2.75) is 71.1 Å². The Bertz CT molecular complexity index is 1210. The molecule has 174 valence electrons. The van der Waals surface area contributed by atoms with Crippen molar-refractivity contribution in [1.82, 2.24) is 5.32 Å². The molecule has 3 aromatic rings. The average molecular weight is 480 g/mol. The summed E-state index contributed by atoms with van der Waals surface area (Å²) >= 11 is 8.08. The number of hydrogen-bond acceptors (Lipinski definition) is 2. The van der Waals surface area contributed by atoms with Crippen molar-refractivity contribution in [3.8, 4) is 0 Å². The number of carbonyl (C=O) groups is 1. The third kappa shape index (κ3) is 3.82. The zero-order chi connectivity index (χ0) is 23.4. The van der Waals surface area contributed by atoms with E-state index in [1.165, 1.54) is 41.7 Å². The molecular formula is C29H34ClNOS. The van der Waals surface area contributed by atoms with E-state index in [2.05, 4.69) is 51.2 Å². The Morgan fingerprint density at radius 2 is 1.97 bits per heavy atom. The number of amides is 1. The second-order valence-corrected chi connectivity index (χ2v) is 12.4. The highest BCUT2D eigenvalue weighted by Gasteiger charge is 2.51. The summed E-state index contributed by atoms with van der Waals surface area (Å²) in [5.74, 6) is 1.07. The van der Waals surface area contributed by atoms with Gasteiger partial charge in [0, 0.05) is 16.6 Å². The van der Waals surface area contributed by atoms with Crippen LogP contribution in [0.15, 0.2) is 42.5 Å². The summed E-state index contributed by atoms with van der Waals surface area (Å²) in [6, 6.07) is 15.2. The first-order valence-electron chi connectivity index (χ1n) is 12.3. The van der Waals surface area contributed by atoms with Gasteiger partial charge in [-0.15, -0.1) is 11.3 Å². The summed E-state index contributed by atoms with van der Waals surface area (Å²) in [7, 11) is 0. The Morgan fingerprint density at radius 3 is 2.73 bits per heavy atom. The van der Waals surface area contributed by atoms with Crippen molar-refractivity contribution in [3.05, 3.63) is 69.1 Å². The van der Waals surface area contributed by atoms with Gasteiger partial charge in [-0.1, -0.05) is 82.1 Å². The minimum Gasteiger partial charge on any atom is -0.351 e. The molecule has 3 atom stereocenters. The number of carbonyl (C=O) groups excluding carboxylic acids is 1. The van der Waals surface area contributed by atoms with Crippen LogP contribution in [0.1, 0.15) is 85.7 Å². The smallest absolute Gasteiger partial charge is 0.262 e. The summed E-state index contributed by atoms with van der Waals surface area (Å²) in [6.07, 6.45) is 5.93. The van der Waals surface area contributed by atoms with Crippen molar-refractivity contribution in [3.63, 3.8) is 0 Å². The van der Waals surface area contributed by atoms with E-state index in [1.54, 1.807) is 5.56 Å². The van der Waals surface area contributed by atoms with E-state index >= 15 is 0 Å². The second-order valence-electron chi connectivity index (χ2n) is 11.0. The number of halogens is 1. The van der Waals surface area contributed by atoms with Crippen LogP contribution in [-0.2, 0) is 11.8 Å². The van der Waals surface area contributed by atoms with E-state index in [0.29, 0.717) is 28.3 Å². The van der Waals surface area contributed by atoms with Crippen LogP contribution < -0.4 is 5.32 Å². The number of nitrogens with one attached hydrogen (secondary N) is 1. The molecule has 33 heavy (non-hydrogen) atoms. The summed E-state index contributed by atoms with van der Waals surface area (Å²) in [5.41, 5.74) is 4.79. The van der Waals surface area contributed by atoms with Crippen LogP contribution in [0.2, 0.25) is 5.02 Å². The van der Waals surface area contributed by atoms with E-state index in [1.807, 2.05) is 24.3 Å². The van der Waals surface area contributed by atoms with Gasteiger partial charge in [0.1, 0.15) is 4.88 Å². The highest BCUT2D eigenvalue weighted by Crippen LogP contribution is 2.57. The first-order chi connectivity index (χ1) is 15.7. The average Bonchev–Trinajstić information content (AvgIpc) is 3.14. The highest BCUT2D eigenvalue weighted by atomic mass is 35.5. The van der Waals surface area contributed by atoms with Crippen molar-refractivity contribution in [1.29, 1.82) is 0 Å². The largest absolute Gasteiger partial charge is 0.351 e. The van der Waals surface area contributed by atoms with E-state index in [0.717, 1.165) is 22.9 Å². The number of aryl methyl sites for hydroxylation is 1. The maximum atomic E-state index is 13.2. The number of benzene rings is 2. The van der Waals surface area contributed by atoms with Gasteiger partial charge in [-0.2, -0.15) is 0 Å². The van der Waals surface area contributed by atoms with E-state index in [-0.39, 0.29) is 16.7 Å². The minimum atomic E-state index is -0.0343. The van der Waals surface area contributed by atoms with Gasteiger partial charge in [-0.25, -0.2) is 0 Å². The second kappa shape index (κ2) is 8.43. The standard InChI is InChI=1S/C29H34ClNOS/c1-18(2)20-11-10-19-12-13-24-28(3,14-7-15-29(24,4)22(19)16-20)17-31-27(32)26-25(30)21-8-5-6-9-23(21)33-26/h5-6,8-11,16,18,24H,7,12-15,17H2,1-4H3,(H,31,32)/t24-,28-,29+/m0/s1. The fourth-order valence-electron chi connectivity index (χ4n) is 6.70. The van der Waals surface area contributed by atoms with Crippen LogP contribution in [0.25, 0.3) is 10.1 Å². The molecule has 1 saturated carbocycles. The lowest BCUT2D eigenvalue weighted by atomic mass is 9.49. The van der Waals surface area contributed by atoms with Crippen LogP contribution in [0.5, 0.6) is 0 Å². The zero-order valence-corrected chi connectivity index (χ0v) is 21.7. The van der Waals surface area contributed by atoms with Gasteiger partial charge in [-0.05, 0) is 71.1 Å². The molecule has 0 bridgehead atoms. The lowest BCUT2D eigenvalue weighted by Crippen LogP contribution is -2.53. The van der Waals surface area contributed by atoms with Crippen molar-refractivity contribution in [2.75, 3.05) is 6.54 Å². The van der Waals surface area contributed by atoms with Gasteiger partial charge in [0.2, 0.25) is 0 Å². The fourth-order valence-corrected chi connectivity index (χ4v) is 8.14. The number of hydrogen-bond donors (Lipinski definition) is 1. The van der Waals surface area contributed by atoms with Crippen LogP contribution in [0.3, 0.4) is 0 Å². The van der Waals surface area contributed by atoms with Gasteiger partial charge < -0.3 is 5.32 Å². The molecule has 0 saturated heterocycles. The molecule has 5 rings (SSSR count). The fraction of sp³-hybridized carbons (Fsp3) is 0.483. The van der Waals surface area contributed by atoms with Crippen molar-refractivity contribution >= 4 is 38.9 Å². The molecule has 0 aliphatic heterocycles. The molecule has 0 radical (unpaired) electrons. The van der Waals surface area contributed by atoms with Gasteiger partial charge >= 0.3 is 0 Å². The quantitative estimate of drug-likeness (QED) is 0.402. The maximum absolute atomic E-state index is 13.2. The molecule has 1 aromatic heterocycles. The molecule has 2 nitrogen and oxygen atoms in total. The van der Waals surface area contributed by atoms with Crippen molar-refractivity contribution in [2.24, 2.45) is 11.3 Å². The molecule has 2 aliphatic carbocycles.